The fourth-order valence-corrected chi connectivity index (χ4v) is 2.83. The van der Waals surface area contributed by atoms with Crippen LogP contribution in [0.2, 0.25) is 0 Å². The maximum atomic E-state index is 11.9. The molecule has 0 fully saturated rings. The maximum absolute atomic E-state index is 11.9. The number of carbonyl (C=O) groups excluding carboxylic acids is 1. The van der Waals surface area contributed by atoms with Gasteiger partial charge in [0.1, 0.15) is 6.61 Å². The van der Waals surface area contributed by atoms with Gasteiger partial charge in [0, 0.05) is 24.0 Å². The van der Waals surface area contributed by atoms with Crippen LogP contribution in [0.15, 0.2) is 71.5 Å². The van der Waals surface area contributed by atoms with Crippen molar-refractivity contribution in [3.63, 3.8) is 0 Å². The van der Waals surface area contributed by atoms with Crippen LogP contribution < -0.4 is 5.32 Å². The van der Waals surface area contributed by atoms with Crippen LogP contribution >= 0.6 is 15.9 Å². The minimum atomic E-state index is -0.411. The lowest BCUT2D eigenvalue weighted by Crippen LogP contribution is -2.34. The highest BCUT2D eigenvalue weighted by atomic mass is 79.9. The number of carbonyl (C=O) groups is 1. The van der Waals surface area contributed by atoms with Gasteiger partial charge >= 0.3 is 6.09 Å². The Morgan fingerprint density at radius 3 is 2.37 bits per heavy atom. The molecule has 0 radical (unpaired) electrons. The Morgan fingerprint density at radius 1 is 1.04 bits per heavy atom. The lowest BCUT2D eigenvalue weighted by atomic mass is 10.0. The number of nitrogens with zero attached hydrogens (tertiary/aromatic N) is 2. The van der Waals surface area contributed by atoms with Crippen molar-refractivity contribution in [1.29, 1.82) is 0 Å². The third-order valence-corrected chi connectivity index (χ3v) is 4.36. The summed E-state index contributed by atoms with van der Waals surface area (Å²) in [7, 11) is 0. The highest BCUT2D eigenvalue weighted by Gasteiger charge is 2.10. The lowest BCUT2D eigenvalue weighted by molar-refractivity contribution is 0.136. The van der Waals surface area contributed by atoms with Crippen molar-refractivity contribution in [2.45, 2.75) is 26.0 Å². The van der Waals surface area contributed by atoms with Gasteiger partial charge in [-0.1, -0.05) is 54.6 Å². The van der Waals surface area contributed by atoms with Crippen molar-refractivity contribution >= 4 is 22.0 Å². The standard InChI is InChI=1S/C21H20BrN3O2/c1-15(25-21(26)27-14-17-5-3-2-4-6-17)11-16-7-9-18(10-8-16)20-23-12-19(22)13-24-20/h2-10,12-13,15H,11,14H2,1H3,(H,25,26)/t15-/m0/s1. The molecule has 0 saturated carbocycles. The van der Waals surface area contributed by atoms with Gasteiger partial charge in [-0.2, -0.15) is 0 Å². The number of halogens is 1. The topological polar surface area (TPSA) is 64.1 Å². The van der Waals surface area contributed by atoms with Gasteiger partial charge in [0.05, 0.1) is 4.47 Å². The molecule has 0 aliphatic heterocycles. The largest absolute Gasteiger partial charge is 0.445 e. The van der Waals surface area contributed by atoms with E-state index in [4.69, 9.17) is 4.74 Å². The smallest absolute Gasteiger partial charge is 0.407 e. The van der Waals surface area contributed by atoms with Crippen molar-refractivity contribution in [3.05, 3.63) is 82.6 Å². The van der Waals surface area contributed by atoms with Crippen LogP contribution in [0.4, 0.5) is 4.79 Å². The number of hydrogen-bond donors (Lipinski definition) is 1. The molecule has 0 unspecified atom stereocenters. The quantitative estimate of drug-likeness (QED) is 0.617. The van der Waals surface area contributed by atoms with E-state index in [0.717, 1.165) is 21.2 Å². The van der Waals surface area contributed by atoms with E-state index >= 15 is 0 Å². The van der Waals surface area contributed by atoms with Gasteiger partial charge in [-0.3, -0.25) is 0 Å². The third-order valence-electron chi connectivity index (χ3n) is 3.95. The van der Waals surface area contributed by atoms with E-state index in [1.165, 1.54) is 0 Å². The van der Waals surface area contributed by atoms with E-state index in [1.807, 2.05) is 61.5 Å². The predicted octanol–water partition coefficient (Wildman–Crippen LogP) is 4.76. The number of benzene rings is 2. The fraction of sp³-hybridized carbons (Fsp3) is 0.190. The van der Waals surface area contributed by atoms with Crippen LogP contribution in [0.1, 0.15) is 18.1 Å². The molecule has 0 spiro atoms. The van der Waals surface area contributed by atoms with Gasteiger partial charge in [0.2, 0.25) is 0 Å². The molecule has 2 aromatic carbocycles. The van der Waals surface area contributed by atoms with Crippen molar-refractivity contribution in [2.75, 3.05) is 0 Å². The molecular formula is C21H20BrN3O2. The summed E-state index contributed by atoms with van der Waals surface area (Å²) in [4.78, 5) is 20.5. The normalized spacial score (nSPS) is 11.6. The highest BCUT2D eigenvalue weighted by molar-refractivity contribution is 9.10. The Bertz CT molecular complexity index is 868. The van der Waals surface area contributed by atoms with E-state index in [1.54, 1.807) is 12.4 Å². The number of hydrogen-bond acceptors (Lipinski definition) is 4. The van der Waals surface area contributed by atoms with Crippen molar-refractivity contribution in [2.24, 2.45) is 0 Å². The van der Waals surface area contributed by atoms with Crippen LogP contribution in [0, 0.1) is 0 Å². The van der Waals surface area contributed by atoms with E-state index in [2.05, 4.69) is 31.2 Å². The molecule has 6 heteroatoms. The van der Waals surface area contributed by atoms with Crippen LogP contribution in [0.5, 0.6) is 0 Å². The van der Waals surface area contributed by atoms with Crippen molar-refractivity contribution < 1.29 is 9.53 Å². The van der Waals surface area contributed by atoms with Gasteiger partial charge in [0.15, 0.2) is 5.82 Å². The van der Waals surface area contributed by atoms with E-state index in [0.29, 0.717) is 12.2 Å². The van der Waals surface area contributed by atoms with Gasteiger partial charge < -0.3 is 10.1 Å². The first kappa shape index (κ1) is 19.0. The Labute approximate surface area is 167 Å². The van der Waals surface area contributed by atoms with E-state index in [-0.39, 0.29) is 12.6 Å². The molecule has 0 aliphatic rings. The number of rotatable bonds is 6. The number of amides is 1. The van der Waals surface area contributed by atoms with Crippen molar-refractivity contribution in [1.82, 2.24) is 15.3 Å². The second-order valence-corrected chi connectivity index (χ2v) is 7.15. The first-order valence-corrected chi connectivity index (χ1v) is 9.43. The predicted molar refractivity (Wildman–Crippen MR) is 108 cm³/mol. The minimum absolute atomic E-state index is 0.0388. The monoisotopic (exact) mass is 425 g/mol. The number of alkyl carbamates (subject to hydrolysis) is 1. The van der Waals surface area contributed by atoms with Crippen molar-refractivity contribution in [3.8, 4) is 11.4 Å². The maximum Gasteiger partial charge on any atom is 0.407 e. The average molecular weight is 426 g/mol. The summed E-state index contributed by atoms with van der Waals surface area (Å²) in [5.74, 6) is 0.681. The van der Waals surface area contributed by atoms with Crippen LogP contribution in [0.25, 0.3) is 11.4 Å². The average Bonchev–Trinajstić information content (AvgIpc) is 2.68. The zero-order valence-corrected chi connectivity index (χ0v) is 16.5. The second-order valence-electron chi connectivity index (χ2n) is 6.23. The number of ether oxygens (including phenoxy) is 1. The summed E-state index contributed by atoms with van der Waals surface area (Å²) in [5.41, 5.74) is 3.03. The molecule has 1 atom stereocenters. The Balaban J connectivity index is 1.49. The van der Waals surface area contributed by atoms with Gasteiger partial charge in [-0.15, -0.1) is 0 Å². The second kappa shape index (κ2) is 9.28. The third kappa shape index (κ3) is 5.89. The van der Waals surface area contributed by atoms with Crippen LogP contribution in [-0.4, -0.2) is 22.1 Å². The summed E-state index contributed by atoms with van der Waals surface area (Å²) < 4.78 is 6.10. The molecule has 1 N–H and O–H groups in total. The van der Waals surface area contributed by atoms with Crippen LogP contribution in [-0.2, 0) is 17.8 Å². The Kier molecular flexibility index (Phi) is 6.54. The molecule has 3 rings (SSSR count). The molecule has 0 aliphatic carbocycles. The SMILES string of the molecule is C[C@@H](Cc1ccc(-c2ncc(Br)cn2)cc1)NC(=O)OCc1ccccc1. The summed E-state index contributed by atoms with van der Waals surface area (Å²) in [6.45, 7) is 2.22. The molecule has 0 saturated heterocycles. The molecule has 1 aromatic heterocycles. The Morgan fingerprint density at radius 2 is 1.70 bits per heavy atom. The van der Waals surface area contributed by atoms with Gasteiger partial charge in [0.25, 0.3) is 0 Å². The lowest BCUT2D eigenvalue weighted by Gasteiger charge is -2.14. The zero-order valence-electron chi connectivity index (χ0n) is 14.9. The molecule has 5 nitrogen and oxygen atoms in total. The van der Waals surface area contributed by atoms with Gasteiger partial charge in [-0.25, -0.2) is 14.8 Å². The molecule has 3 aromatic rings. The summed E-state index contributed by atoms with van der Waals surface area (Å²) in [5, 5.41) is 2.86. The molecule has 0 bridgehead atoms. The van der Waals surface area contributed by atoms with Gasteiger partial charge in [-0.05, 0) is 40.4 Å². The molecule has 27 heavy (non-hydrogen) atoms. The number of nitrogens with one attached hydrogen (secondary N) is 1. The molecular weight excluding hydrogens is 406 g/mol. The van der Waals surface area contributed by atoms with Crippen LogP contribution in [0.3, 0.4) is 0 Å². The highest BCUT2D eigenvalue weighted by Crippen LogP contribution is 2.17. The molecule has 1 heterocycles. The molecule has 1 amide bonds. The summed E-state index contributed by atoms with van der Waals surface area (Å²) >= 11 is 3.33. The first-order valence-electron chi connectivity index (χ1n) is 8.64. The number of aromatic nitrogens is 2. The van der Waals surface area contributed by atoms with E-state index < -0.39 is 6.09 Å². The fourth-order valence-electron chi connectivity index (χ4n) is 2.62. The molecule has 138 valence electrons. The summed E-state index contributed by atoms with van der Waals surface area (Å²) in [6, 6.07) is 17.6. The first-order chi connectivity index (χ1) is 13.1. The zero-order chi connectivity index (χ0) is 19.1. The van der Waals surface area contributed by atoms with E-state index in [9.17, 15) is 4.79 Å². The minimum Gasteiger partial charge on any atom is -0.445 e. The summed E-state index contributed by atoms with van der Waals surface area (Å²) in [6.07, 6.45) is 3.75. The Hall–Kier alpha value is -2.73.